The minimum atomic E-state index is 0.488. The fourth-order valence-electron chi connectivity index (χ4n) is 1.68. The first-order valence-corrected chi connectivity index (χ1v) is 6.24. The van der Waals surface area contributed by atoms with Crippen molar-refractivity contribution >= 4 is 11.6 Å². The van der Waals surface area contributed by atoms with Crippen molar-refractivity contribution in [3.63, 3.8) is 0 Å². The number of hydrogen-bond donors (Lipinski definition) is 0. The van der Waals surface area contributed by atoms with Crippen molar-refractivity contribution in [2.24, 2.45) is 0 Å². The Balaban J connectivity index is 1.90. The third-order valence-electron chi connectivity index (χ3n) is 2.61. The Bertz CT molecular complexity index is 453. The molecule has 0 bridgehead atoms. The van der Waals surface area contributed by atoms with Gasteiger partial charge in [-0.2, -0.15) is 0 Å². The first kappa shape index (κ1) is 12.0. The molecule has 88 valence electrons. The van der Waals surface area contributed by atoms with Crippen molar-refractivity contribution in [1.29, 1.82) is 0 Å². The minimum Gasteiger partial charge on any atom is -0.493 e. The third-order valence-corrected chi connectivity index (χ3v) is 2.90. The molecule has 0 unspecified atom stereocenters. The van der Waals surface area contributed by atoms with Crippen LogP contribution >= 0.6 is 11.6 Å². The average Bonchev–Trinajstić information content (AvgIpc) is 2.40. The molecule has 2 aromatic carbocycles. The van der Waals surface area contributed by atoms with E-state index in [2.05, 4.69) is 12.1 Å². The van der Waals surface area contributed by atoms with Crippen molar-refractivity contribution in [3.8, 4) is 5.75 Å². The molecule has 1 nitrogen and oxygen atoms in total. The lowest BCUT2D eigenvalue weighted by Crippen LogP contribution is -2.02. The van der Waals surface area contributed by atoms with Gasteiger partial charge in [0.25, 0.3) is 0 Å². The molecule has 0 spiro atoms. The second-order valence-electron chi connectivity index (χ2n) is 3.83. The number of hydrogen-bond acceptors (Lipinski definition) is 1. The van der Waals surface area contributed by atoms with Crippen LogP contribution in [0.5, 0.6) is 5.75 Å². The Morgan fingerprint density at radius 2 is 1.59 bits per heavy atom. The average molecular weight is 247 g/mol. The molecular formula is C15H15ClO. The lowest BCUT2D eigenvalue weighted by Gasteiger charge is -2.09. The van der Waals surface area contributed by atoms with Gasteiger partial charge in [-0.3, -0.25) is 0 Å². The van der Waals surface area contributed by atoms with Gasteiger partial charge in [-0.05, 0) is 11.6 Å². The zero-order chi connectivity index (χ0) is 11.9. The Labute approximate surface area is 107 Å². The van der Waals surface area contributed by atoms with Gasteiger partial charge in [0.15, 0.2) is 0 Å². The predicted molar refractivity (Wildman–Crippen MR) is 71.6 cm³/mol. The largest absolute Gasteiger partial charge is 0.493 e. The van der Waals surface area contributed by atoms with Gasteiger partial charge in [0, 0.05) is 12.0 Å². The van der Waals surface area contributed by atoms with E-state index in [1.807, 2.05) is 42.5 Å². The molecule has 2 heteroatoms. The molecule has 0 radical (unpaired) electrons. The highest BCUT2D eigenvalue weighted by molar-refractivity contribution is 6.17. The molecule has 0 aliphatic heterocycles. The van der Waals surface area contributed by atoms with Crippen LogP contribution in [-0.4, -0.2) is 6.61 Å². The second-order valence-corrected chi connectivity index (χ2v) is 4.09. The summed E-state index contributed by atoms with van der Waals surface area (Å²) in [5.41, 5.74) is 2.33. The SMILES string of the molecule is ClCc1ccccc1OCCc1ccccc1. The summed E-state index contributed by atoms with van der Waals surface area (Å²) in [6, 6.07) is 18.2. The summed E-state index contributed by atoms with van der Waals surface area (Å²) in [7, 11) is 0. The van der Waals surface area contributed by atoms with Gasteiger partial charge in [0.2, 0.25) is 0 Å². The van der Waals surface area contributed by atoms with Crippen LogP contribution in [0, 0.1) is 0 Å². The van der Waals surface area contributed by atoms with Crippen LogP contribution in [0.2, 0.25) is 0 Å². The fourth-order valence-corrected chi connectivity index (χ4v) is 1.90. The van der Waals surface area contributed by atoms with Crippen LogP contribution in [0.4, 0.5) is 0 Å². The number of rotatable bonds is 5. The minimum absolute atomic E-state index is 0.488. The molecule has 0 aliphatic rings. The second kappa shape index (κ2) is 6.31. The molecule has 0 saturated carbocycles. The van der Waals surface area contributed by atoms with Gasteiger partial charge in [0.1, 0.15) is 5.75 Å². The number of alkyl halides is 1. The lowest BCUT2D eigenvalue weighted by atomic mass is 10.2. The molecule has 0 heterocycles. The van der Waals surface area contributed by atoms with E-state index in [0.717, 1.165) is 17.7 Å². The summed E-state index contributed by atoms with van der Waals surface area (Å²) in [5.74, 6) is 1.38. The van der Waals surface area contributed by atoms with Crippen LogP contribution in [0.25, 0.3) is 0 Å². The summed E-state index contributed by atoms with van der Waals surface area (Å²) < 4.78 is 5.75. The van der Waals surface area contributed by atoms with Gasteiger partial charge in [-0.15, -0.1) is 11.6 Å². The molecule has 0 aromatic heterocycles. The van der Waals surface area contributed by atoms with Gasteiger partial charge in [0.05, 0.1) is 12.5 Å². The molecule has 2 aromatic rings. The quantitative estimate of drug-likeness (QED) is 0.724. The summed E-state index contributed by atoms with van der Waals surface area (Å²) >= 11 is 5.85. The van der Waals surface area contributed by atoms with Crippen LogP contribution in [-0.2, 0) is 12.3 Å². The maximum Gasteiger partial charge on any atom is 0.123 e. The molecule has 0 atom stereocenters. The molecule has 17 heavy (non-hydrogen) atoms. The monoisotopic (exact) mass is 246 g/mol. The highest BCUT2D eigenvalue weighted by atomic mass is 35.5. The number of para-hydroxylation sites is 1. The molecular weight excluding hydrogens is 232 g/mol. The van der Waals surface area contributed by atoms with E-state index in [4.69, 9.17) is 16.3 Å². The predicted octanol–water partition coefficient (Wildman–Crippen LogP) is 4.05. The van der Waals surface area contributed by atoms with Gasteiger partial charge >= 0.3 is 0 Å². The maximum absolute atomic E-state index is 5.85. The molecule has 0 saturated heterocycles. The number of halogens is 1. The Kier molecular flexibility index (Phi) is 4.45. The lowest BCUT2D eigenvalue weighted by molar-refractivity contribution is 0.319. The van der Waals surface area contributed by atoms with E-state index in [0.29, 0.717) is 12.5 Å². The highest BCUT2D eigenvalue weighted by Crippen LogP contribution is 2.19. The van der Waals surface area contributed by atoms with Crippen LogP contribution in [0.1, 0.15) is 11.1 Å². The van der Waals surface area contributed by atoms with E-state index in [-0.39, 0.29) is 0 Å². The molecule has 0 fully saturated rings. The van der Waals surface area contributed by atoms with Gasteiger partial charge in [-0.25, -0.2) is 0 Å². The van der Waals surface area contributed by atoms with Crippen LogP contribution < -0.4 is 4.74 Å². The Morgan fingerprint density at radius 1 is 0.882 bits per heavy atom. The van der Waals surface area contributed by atoms with Gasteiger partial charge < -0.3 is 4.74 Å². The smallest absolute Gasteiger partial charge is 0.123 e. The van der Waals surface area contributed by atoms with E-state index in [1.165, 1.54) is 5.56 Å². The summed E-state index contributed by atoms with van der Waals surface area (Å²) in [5, 5.41) is 0. The third kappa shape index (κ3) is 3.50. The normalized spacial score (nSPS) is 10.2. The van der Waals surface area contributed by atoms with Crippen molar-refractivity contribution < 1.29 is 4.74 Å². The van der Waals surface area contributed by atoms with Crippen LogP contribution in [0.15, 0.2) is 54.6 Å². The van der Waals surface area contributed by atoms with Gasteiger partial charge in [-0.1, -0.05) is 48.5 Å². The first-order chi connectivity index (χ1) is 8.40. The van der Waals surface area contributed by atoms with Crippen molar-refractivity contribution in [2.75, 3.05) is 6.61 Å². The molecule has 0 amide bonds. The number of benzene rings is 2. The molecule has 0 aliphatic carbocycles. The van der Waals surface area contributed by atoms with Crippen molar-refractivity contribution in [1.82, 2.24) is 0 Å². The van der Waals surface area contributed by atoms with Crippen molar-refractivity contribution in [2.45, 2.75) is 12.3 Å². The first-order valence-electron chi connectivity index (χ1n) is 5.71. The maximum atomic E-state index is 5.85. The zero-order valence-electron chi connectivity index (χ0n) is 9.60. The number of ether oxygens (including phenoxy) is 1. The topological polar surface area (TPSA) is 9.23 Å². The zero-order valence-corrected chi connectivity index (χ0v) is 10.4. The standard InChI is InChI=1S/C15H15ClO/c16-12-14-8-4-5-9-15(14)17-11-10-13-6-2-1-3-7-13/h1-9H,10-12H2. The Hall–Kier alpha value is -1.47. The summed E-state index contributed by atoms with van der Waals surface area (Å²) in [6.07, 6.45) is 0.914. The Morgan fingerprint density at radius 3 is 2.35 bits per heavy atom. The molecule has 0 N–H and O–H groups in total. The van der Waals surface area contributed by atoms with E-state index in [9.17, 15) is 0 Å². The van der Waals surface area contributed by atoms with Crippen molar-refractivity contribution in [3.05, 3.63) is 65.7 Å². The highest BCUT2D eigenvalue weighted by Gasteiger charge is 2.01. The van der Waals surface area contributed by atoms with E-state index in [1.54, 1.807) is 0 Å². The van der Waals surface area contributed by atoms with E-state index < -0.39 is 0 Å². The van der Waals surface area contributed by atoms with E-state index >= 15 is 0 Å². The molecule has 2 rings (SSSR count). The van der Waals surface area contributed by atoms with Crippen LogP contribution in [0.3, 0.4) is 0 Å². The summed E-state index contributed by atoms with van der Waals surface area (Å²) in [6.45, 7) is 0.678. The fraction of sp³-hybridized carbons (Fsp3) is 0.200. The summed E-state index contributed by atoms with van der Waals surface area (Å²) in [4.78, 5) is 0.